The van der Waals surface area contributed by atoms with Gasteiger partial charge < -0.3 is 0 Å². The van der Waals surface area contributed by atoms with Crippen molar-refractivity contribution in [2.45, 2.75) is 54.4 Å². The lowest BCUT2D eigenvalue weighted by atomic mass is 9.73. The van der Waals surface area contributed by atoms with Crippen LogP contribution in [0.5, 0.6) is 0 Å². The van der Waals surface area contributed by atoms with E-state index >= 15 is 0 Å². The molecule has 0 heterocycles. The molecule has 0 saturated heterocycles. The fraction of sp³-hybridized carbons (Fsp3) is 1.00. The predicted molar refractivity (Wildman–Crippen MR) is 59.7 cm³/mol. The minimum Gasteiger partial charge on any atom is -0.0622 e. The molecule has 4 atom stereocenters. The first-order chi connectivity index (χ1) is 5.82. The quantitative estimate of drug-likeness (QED) is 0.608. The van der Waals surface area contributed by atoms with Crippen molar-refractivity contribution in [2.75, 3.05) is 0 Å². The van der Waals surface area contributed by atoms with Crippen LogP contribution in [-0.2, 0) is 0 Å². The standard InChI is InChI=1S/C13H26/c1-9(7-12-8-10(12)2)11(3)13(4,5)6/h9-12H,7-8H2,1-6H3. The van der Waals surface area contributed by atoms with Gasteiger partial charge >= 0.3 is 0 Å². The van der Waals surface area contributed by atoms with Gasteiger partial charge in [-0.05, 0) is 41.9 Å². The summed E-state index contributed by atoms with van der Waals surface area (Å²) in [5.41, 5.74) is 0.484. The SMILES string of the molecule is CC1CC1CC(C)C(C)C(C)(C)C. The van der Waals surface area contributed by atoms with Crippen LogP contribution in [0.3, 0.4) is 0 Å². The fourth-order valence-corrected chi connectivity index (χ4v) is 2.26. The van der Waals surface area contributed by atoms with E-state index in [1.54, 1.807) is 0 Å². The predicted octanol–water partition coefficient (Wildman–Crippen LogP) is 4.35. The first-order valence-electron chi connectivity index (χ1n) is 5.82. The van der Waals surface area contributed by atoms with Crippen LogP contribution in [0, 0.1) is 29.1 Å². The lowest BCUT2D eigenvalue weighted by Gasteiger charge is -2.32. The number of rotatable bonds is 3. The van der Waals surface area contributed by atoms with Crippen LogP contribution in [0.25, 0.3) is 0 Å². The molecule has 1 fully saturated rings. The van der Waals surface area contributed by atoms with Gasteiger partial charge in [-0.2, -0.15) is 0 Å². The van der Waals surface area contributed by atoms with Crippen molar-refractivity contribution in [3.05, 3.63) is 0 Å². The summed E-state index contributed by atoms with van der Waals surface area (Å²) < 4.78 is 0. The monoisotopic (exact) mass is 182 g/mol. The second kappa shape index (κ2) is 3.63. The van der Waals surface area contributed by atoms with E-state index < -0.39 is 0 Å². The molecule has 1 aliphatic carbocycles. The summed E-state index contributed by atoms with van der Waals surface area (Å²) in [6, 6.07) is 0. The van der Waals surface area contributed by atoms with E-state index in [4.69, 9.17) is 0 Å². The van der Waals surface area contributed by atoms with Crippen molar-refractivity contribution in [3.8, 4) is 0 Å². The van der Waals surface area contributed by atoms with Crippen LogP contribution >= 0.6 is 0 Å². The molecule has 0 heteroatoms. The summed E-state index contributed by atoms with van der Waals surface area (Å²) >= 11 is 0. The van der Waals surface area contributed by atoms with E-state index in [1.165, 1.54) is 12.8 Å². The van der Waals surface area contributed by atoms with Gasteiger partial charge in [0.15, 0.2) is 0 Å². The van der Waals surface area contributed by atoms with E-state index in [2.05, 4.69) is 41.5 Å². The molecule has 0 bridgehead atoms. The maximum atomic E-state index is 2.43. The third-order valence-corrected chi connectivity index (χ3v) is 4.17. The van der Waals surface area contributed by atoms with Gasteiger partial charge in [0.25, 0.3) is 0 Å². The summed E-state index contributed by atoms with van der Waals surface area (Å²) in [7, 11) is 0. The minimum atomic E-state index is 0.484. The van der Waals surface area contributed by atoms with Crippen molar-refractivity contribution < 1.29 is 0 Å². The number of hydrogen-bond donors (Lipinski definition) is 0. The molecule has 0 aliphatic heterocycles. The van der Waals surface area contributed by atoms with E-state index in [9.17, 15) is 0 Å². The lowest BCUT2D eigenvalue weighted by molar-refractivity contribution is 0.174. The Labute approximate surface area is 84.1 Å². The van der Waals surface area contributed by atoms with Gasteiger partial charge in [-0.15, -0.1) is 0 Å². The van der Waals surface area contributed by atoms with Gasteiger partial charge in [-0.1, -0.05) is 41.5 Å². The van der Waals surface area contributed by atoms with Crippen LogP contribution in [-0.4, -0.2) is 0 Å². The largest absolute Gasteiger partial charge is 0.0622 e. The Morgan fingerprint density at radius 3 is 2.00 bits per heavy atom. The van der Waals surface area contributed by atoms with Gasteiger partial charge in [0, 0.05) is 0 Å². The summed E-state index contributed by atoms with van der Waals surface area (Å²) in [6.07, 6.45) is 2.95. The smallest absolute Gasteiger partial charge is 0.0354 e. The van der Waals surface area contributed by atoms with Gasteiger partial charge in [0.1, 0.15) is 0 Å². The highest BCUT2D eigenvalue weighted by atomic mass is 14.4. The third-order valence-electron chi connectivity index (χ3n) is 4.17. The Bertz CT molecular complexity index is 163. The second-order valence-corrected chi connectivity index (χ2v) is 6.34. The topological polar surface area (TPSA) is 0 Å². The first kappa shape index (κ1) is 11.1. The Morgan fingerprint density at radius 1 is 1.23 bits per heavy atom. The molecular formula is C13H26. The summed E-state index contributed by atoms with van der Waals surface area (Å²) in [4.78, 5) is 0. The highest BCUT2D eigenvalue weighted by Gasteiger charge is 2.36. The molecule has 0 aromatic rings. The third kappa shape index (κ3) is 3.00. The molecule has 0 spiro atoms. The molecule has 4 unspecified atom stereocenters. The zero-order chi connectivity index (χ0) is 10.2. The fourth-order valence-electron chi connectivity index (χ4n) is 2.26. The van der Waals surface area contributed by atoms with Crippen molar-refractivity contribution in [1.29, 1.82) is 0 Å². The molecule has 1 aliphatic rings. The Balaban J connectivity index is 2.34. The molecule has 78 valence electrons. The van der Waals surface area contributed by atoms with Crippen LogP contribution in [0.1, 0.15) is 54.4 Å². The summed E-state index contributed by atoms with van der Waals surface area (Å²) in [6.45, 7) is 14.3. The molecule has 1 saturated carbocycles. The molecule has 0 aromatic heterocycles. The van der Waals surface area contributed by atoms with Crippen molar-refractivity contribution in [1.82, 2.24) is 0 Å². The lowest BCUT2D eigenvalue weighted by Crippen LogP contribution is -2.24. The molecule has 0 aromatic carbocycles. The highest BCUT2D eigenvalue weighted by Crippen LogP contribution is 2.45. The van der Waals surface area contributed by atoms with E-state index in [0.29, 0.717) is 5.41 Å². The van der Waals surface area contributed by atoms with Crippen molar-refractivity contribution >= 4 is 0 Å². The van der Waals surface area contributed by atoms with Crippen molar-refractivity contribution in [3.63, 3.8) is 0 Å². The first-order valence-corrected chi connectivity index (χ1v) is 5.82. The van der Waals surface area contributed by atoms with Gasteiger partial charge in [-0.25, -0.2) is 0 Å². The minimum absolute atomic E-state index is 0.484. The van der Waals surface area contributed by atoms with Crippen LogP contribution in [0.2, 0.25) is 0 Å². The van der Waals surface area contributed by atoms with Gasteiger partial charge in [-0.3, -0.25) is 0 Å². The molecule has 1 rings (SSSR count). The summed E-state index contributed by atoms with van der Waals surface area (Å²) in [5.74, 6) is 3.82. The maximum Gasteiger partial charge on any atom is -0.0354 e. The Hall–Kier alpha value is 0. The Morgan fingerprint density at radius 2 is 1.69 bits per heavy atom. The molecule has 0 amide bonds. The number of hydrogen-bond acceptors (Lipinski definition) is 0. The molecule has 0 N–H and O–H groups in total. The maximum absolute atomic E-state index is 2.43. The zero-order valence-corrected chi connectivity index (χ0v) is 10.2. The van der Waals surface area contributed by atoms with Gasteiger partial charge in [0.05, 0.1) is 0 Å². The molecule has 13 heavy (non-hydrogen) atoms. The normalized spacial score (nSPS) is 32.8. The van der Waals surface area contributed by atoms with E-state index in [0.717, 1.165) is 23.7 Å². The average molecular weight is 182 g/mol. The molecular weight excluding hydrogens is 156 g/mol. The van der Waals surface area contributed by atoms with Crippen LogP contribution in [0.4, 0.5) is 0 Å². The zero-order valence-electron chi connectivity index (χ0n) is 10.2. The average Bonchev–Trinajstić information content (AvgIpc) is 2.63. The van der Waals surface area contributed by atoms with E-state index in [-0.39, 0.29) is 0 Å². The van der Waals surface area contributed by atoms with E-state index in [1.807, 2.05) is 0 Å². The van der Waals surface area contributed by atoms with Crippen LogP contribution < -0.4 is 0 Å². The Kier molecular flexibility index (Phi) is 3.09. The van der Waals surface area contributed by atoms with Gasteiger partial charge in [0.2, 0.25) is 0 Å². The molecule has 0 nitrogen and oxygen atoms in total. The van der Waals surface area contributed by atoms with Crippen LogP contribution in [0.15, 0.2) is 0 Å². The highest BCUT2D eigenvalue weighted by molar-refractivity contribution is 4.86. The summed E-state index contributed by atoms with van der Waals surface area (Å²) in [5, 5.41) is 0. The van der Waals surface area contributed by atoms with Crippen molar-refractivity contribution in [2.24, 2.45) is 29.1 Å². The molecule has 0 radical (unpaired) electrons. The second-order valence-electron chi connectivity index (χ2n) is 6.34.